The summed E-state index contributed by atoms with van der Waals surface area (Å²) in [5.74, 6) is 0.557. The highest BCUT2D eigenvalue weighted by atomic mass is 16.5. The Hall–Kier alpha value is -2.37. The molecule has 1 saturated heterocycles. The molecule has 0 spiro atoms. The first kappa shape index (κ1) is 15.2. The van der Waals surface area contributed by atoms with E-state index in [0.717, 1.165) is 30.6 Å². The number of carbonyl (C=O) groups excluding carboxylic acids is 1. The van der Waals surface area contributed by atoms with Crippen molar-refractivity contribution in [2.24, 2.45) is 0 Å². The van der Waals surface area contributed by atoms with Gasteiger partial charge in [-0.15, -0.1) is 0 Å². The van der Waals surface area contributed by atoms with Gasteiger partial charge in [-0.05, 0) is 25.0 Å². The Bertz CT molecular complexity index is 860. The Morgan fingerprint density at radius 2 is 2.08 bits per heavy atom. The lowest BCUT2D eigenvalue weighted by molar-refractivity contribution is -0.147. The molecule has 1 aliphatic heterocycles. The van der Waals surface area contributed by atoms with Crippen LogP contribution in [0.25, 0.3) is 10.9 Å². The van der Waals surface area contributed by atoms with Gasteiger partial charge in [0, 0.05) is 19.8 Å². The van der Waals surface area contributed by atoms with E-state index in [-0.39, 0.29) is 23.7 Å². The first-order valence-corrected chi connectivity index (χ1v) is 8.56. The molecule has 0 N–H and O–H groups in total. The molecule has 6 nitrogen and oxygen atoms in total. The van der Waals surface area contributed by atoms with Gasteiger partial charge in [0.05, 0.1) is 23.0 Å². The van der Waals surface area contributed by atoms with Gasteiger partial charge >= 0.3 is 5.97 Å². The second-order valence-corrected chi connectivity index (χ2v) is 6.57. The van der Waals surface area contributed by atoms with E-state index in [1.165, 1.54) is 6.92 Å². The van der Waals surface area contributed by atoms with Gasteiger partial charge in [0.1, 0.15) is 11.9 Å². The molecule has 0 amide bonds. The van der Waals surface area contributed by atoms with Crippen molar-refractivity contribution in [1.82, 2.24) is 9.66 Å². The maximum Gasteiger partial charge on any atom is 0.302 e. The van der Waals surface area contributed by atoms with Crippen LogP contribution in [0.4, 0.5) is 0 Å². The summed E-state index contributed by atoms with van der Waals surface area (Å²) in [6, 6.07) is 8.09. The Balaban J connectivity index is 1.69. The summed E-state index contributed by atoms with van der Waals surface area (Å²) in [6.07, 6.45) is 3.23. The molecular weight excluding hydrogens is 306 g/mol. The third kappa shape index (κ3) is 2.37. The minimum atomic E-state index is -0.232. The maximum atomic E-state index is 13.0. The predicted octanol–water partition coefficient (Wildman–Crippen LogP) is 1.76. The maximum absolute atomic E-state index is 13.0. The minimum absolute atomic E-state index is 0.00381. The molecule has 2 heterocycles. The third-order valence-electron chi connectivity index (χ3n) is 5.02. The van der Waals surface area contributed by atoms with Crippen LogP contribution in [0.3, 0.4) is 0 Å². The van der Waals surface area contributed by atoms with Crippen molar-refractivity contribution in [2.45, 2.75) is 57.7 Å². The fourth-order valence-corrected chi connectivity index (χ4v) is 3.93. The van der Waals surface area contributed by atoms with Gasteiger partial charge in [-0.2, -0.15) is 0 Å². The lowest BCUT2D eigenvalue weighted by Gasteiger charge is -2.18. The molecule has 1 aliphatic carbocycles. The molecule has 4 rings (SSSR count). The highest BCUT2D eigenvalue weighted by Crippen LogP contribution is 2.39. The molecule has 1 saturated carbocycles. The van der Waals surface area contributed by atoms with E-state index >= 15 is 0 Å². The van der Waals surface area contributed by atoms with Crippen molar-refractivity contribution in [2.75, 3.05) is 5.01 Å². The van der Waals surface area contributed by atoms with Crippen molar-refractivity contribution in [3.63, 3.8) is 0 Å². The van der Waals surface area contributed by atoms with E-state index in [2.05, 4.69) is 9.99 Å². The van der Waals surface area contributed by atoms with Crippen LogP contribution in [0, 0.1) is 0 Å². The number of benzene rings is 1. The SMILES string of the molecule is CCc1nc2ccccc2c(=O)n1N1C2CCC(OC(C)=O)CC21. The number of fused-ring (bicyclic) bond motifs is 2. The zero-order valence-corrected chi connectivity index (χ0v) is 13.9. The molecule has 2 aliphatic rings. The van der Waals surface area contributed by atoms with Crippen LogP contribution >= 0.6 is 0 Å². The summed E-state index contributed by atoms with van der Waals surface area (Å²) in [7, 11) is 0. The summed E-state index contributed by atoms with van der Waals surface area (Å²) in [4.78, 5) is 28.8. The van der Waals surface area contributed by atoms with Crippen LogP contribution in [-0.4, -0.2) is 33.8 Å². The number of rotatable bonds is 3. The zero-order valence-electron chi connectivity index (χ0n) is 13.9. The molecular formula is C18H21N3O3. The van der Waals surface area contributed by atoms with Gasteiger partial charge in [0.2, 0.25) is 0 Å². The minimum Gasteiger partial charge on any atom is -0.462 e. The molecule has 0 radical (unpaired) electrons. The summed E-state index contributed by atoms with van der Waals surface area (Å²) in [5, 5.41) is 2.78. The predicted molar refractivity (Wildman–Crippen MR) is 90.6 cm³/mol. The van der Waals surface area contributed by atoms with Crippen LogP contribution < -0.4 is 10.6 Å². The second kappa shape index (κ2) is 5.61. The highest BCUT2D eigenvalue weighted by molar-refractivity contribution is 5.77. The van der Waals surface area contributed by atoms with E-state index in [9.17, 15) is 9.59 Å². The first-order chi connectivity index (χ1) is 11.6. The monoisotopic (exact) mass is 327 g/mol. The average molecular weight is 327 g/mol. The number of hydrogen-bond donors (Lipinski definition) is 0. The van der Waals surface area contributed by atoms with Crippen LogP contribution in [0.2, 0.25) is 0 Å². The molecule has 126 valence electrons. The van der Waals surface area contributed by atoms with Gasteiger partial charge < -0.3 is 4.74 Å². The molecule has 3 atom stereocenters. The number of aromatic nitrogens is 2. The van der Waals surface area contributed by atoms with E-state index < -0.39 is 0 Å². The largest absolute Gasteiger partial charge is 0.462 e. The Labute approximate surface area is 140 Å². The number of nitrogens with zero attached hydrogens (tertiary/aromatic N) is 3. The van der Waals surface area contributed by atoms with Gasteiger partial charge in [-0.3, -0.25) is 14.6 Å². The number of carbonyl (C=O) groups is 1. The van der Waals surface area contributed by atoms with E-state index in [1.807, 2.05) is 31.2 Å². The molecule has 2 fully saturated rings. The Kier molecular flexibility index (Phi) is 3.55. The van der Waals surface area contributed by atoms with Crippen molar-refractivity contribution >= 4 is 16.9 Å². The topological polar surface area (TPSA) is 64.2 Å². The standard InChI is InChI=1S/C18H21N3O3/c1-3-17-19-14-7-5-4-6-13(14)18(23)21(17)20-15-9-8-12(10-16(15)20)24-11(2)22/h4-7,12,15-16H,3,8-10H2,1-2H3. The molecule has 0 bridgehead atoms. The van der Waals surface area contributed by atoms with Crippen LogP contribution in [0.1, 0.15) is 38.9 Å². The number of ether oxygens (including phenoxy) is 1. The summed E-state index contributed by atoms with van der Waals surface area (Å²) in [5.41, 5.74) is 0.745. The van der Waals surface area contributed by atoms with Crippen molar-refractivity contribution in [1.29, 1.82) is 0 Å². The van der Waals surface area contributed by atoms with E-state index in [1.54, 1.807) is 4.68 Å². The molecule has 1 aromatic carbocycles. The fraction of sp³-hybridized carbons (Fsp3) is 0.500. The Morgan fingerprint density at radius 1 is 1.29 bits per heavy atom. The lowest BCUT2D eigenvalue weighted by Crippen LogP contribution is -2.34. The average Bonchev–Trinajstić information content (AvgIpc) is 3.27. The number of para-hydroxylation sites is 1. The smallest absolute Gasteiger partial charge is 0.302 e. The van der Waals surface area contributed by atoms with Crippen molar-refractivity contribution in [3.05, 3.63) is 40.4 Å². The number of esters is 1. The summed E-state index contributed by atoms with van der Waals surface area (Å²) >= 11 is 0. The third-order valence-corrected chi connectivity index (χ3v) is 5.02. The highest BCUT2D eigenvalue weighted by Gasteiger charge is 2.53. The molecule has 24 heavy (non-hydrogen) atoms. The van der Waals surface area contributed by atoms with Crippen LogP contribution in [0.5, 0.6) is 0 Å². The Morgan fingerprint density at radius 3 is 2.83 bits per heavy atom. The van der Waals surface area contributed by atoms with Gasteiger partial charge in [-0.25, -0.2) is 9.66 Å². The molecule has 3 unspecified atom stereocenters. The first-order valence-electron chi connectivity index (χ1n) is 8.56. The normalized spacial score (nSPS) is 25.4. The van der Waals surface area contributed by atoms with Crippen molar-refractivity contribution < 1.29 is 9.53 Å². The van der Waals surface area contributed by atoms with Crippen LogP contribution in [-0.2, 0) is 16.0 Å². The second-order valence-electron chi connectivity index (χ2n) is 6.57. The van der Waals surface area contributed by atoms with E-state index in [4.69, 9.17) is 4.74 Å². The van der Waals surface area contributed by atoms with Gasteiger partial charge in [0.25, 0.3) is 5.56 Å². The van der Waals surface area contributed by atoms with Gasteiger partial charge in [-0.1, -0.05) is 19.1 Å². The number of hydrogen-bond acceptors (Lipinski definition) is 5. The van der Waals surface area contributed by atoms with Crippen LogP contribution in [0.15, 0.2) is 29.1 Å². The van der Waals surface area contributed by atoms with Crippen molar-refractivity contribution in [3.8, 4) is 0 Å². The quantitative estimate of drug-likeness (QED) is 0.635. The van der Waals surface area contributed by atoms with Gasteiger partial charge in [0.15, 0.2) is 0 Å². The lowest BCUT2D eigenvalue weighted by atomic mass is 9.98. The number of aryl methyl sites for hydroxylation is 1. The van der Waals surface area contributed by atoms with E-state index in [0.29, 0.717) is 17.8 Å². The summed E-state index contributed by atoms with van der Waals surface area (Å²) in [6.45, 7) is 3.46. The summed E-state index contributed by atoms with van der Waals surface area (Å²) < 4.78 is 7.12. The zero-order chi connectivity index (χ0) is 16.8. The molecule has 6 heteroatoms. The molecule has 1 aromatic heterocycles. The fourth-order valence-electron chi connectivity index (χ4n) is 3.93. The molecule has 2 aromatic rings.